The number of methoxy groups -OCH3 is 3. The molecule has 3 rings (SSSR count). The molecule has 2 aliphatic rings. The smallest absolute Gasteiger partial charge is 0.252 e. The monoisotopic (exact) mass is 425 g/mol. The first-order valence-corrected chi connectivity index (χ1v) is 9.78. The average molecular weight is 426 g/mol. The molecule has 26 heavy (non-hydrogen) atoms. The number of amides is 1. The highest BCUT2D eigenvalue weighted by Crippen LogP contribution is 2.62. The zero-order valence-corrected chi connectivity index (χ0v) is 18.0. The van der Waals surface area contributed by atoms with E-state index >= 15 is 0 Å². The highest BCUT2D eigenvalue weighted by atomic mass is 79.9. The molecule has 5 nitrogen and oxygen atoms in total. The van der Waals surface area contributed by atoms with Crippen LogP contribution in [0.2, 0.25) is 0 Å². The molecule has 0 saturated heterocycles. The number of halogens is 1. The summed E-state index contributed by atoms with van der Waals surface area (Å²) in [6.45, 7) is 6.85. The van der Waals surface area contributed by atoms with Crippen molar-refractivity contribution in [2.24, 2.45) is 16.7 Å². The molecule has 0 spiro atoms. The molecule has 0 unspecified atom stereocenters. The maximum Gasteiger partial charge on any atom is 0.252 e. The number of hydrogen-bond donors (Lipinski definition) is 1. The van der Waals surface area contributed by atoms with E-state index in [2.05, 4.69) is 42.0 Å². The standard InChI is InChI=1S/C20H28BrNO4/c1-19(2)11-7-8-20(3,10-11)18(19)22-17(23)12-9-13(24-4)15(25-5)16(26-6)14(12)21/h9,11,18H,7-8,10H2,1-6H3,(H,22,23)/t11-,18-,20+/m1/s1. The van der Waals surface area contributed by atoms with E-state index in [1.807, 2.05) is 0 Å². The lowest BCUT2D eigenvalue weighted by Gasteiger charge is -2.43. The Balaban J connectivity index is 1.96. The molecule has 0 aliphatic heterocycles. The summed E-state index contributed by atoms with van der Waals surface area (Å²) in [6.07, 6.45) is 3.60. The molecule has 1 N–H and O–H groups in total. The SMILES string of the molecule is COc1cc(C(=O)N[C@@H]2C(C)(C)[C@@H]3CC[C@@]2(C)C3)c(Br)c(OC)c1OC. The molecule has 2 fully saturated rings. The van der Waals surface area contributed by atoms with Crippen molar-refractivity contribution in [1.29, 1.82) is 0 Å². The van der Waals surface area contributed by atoms with Crippen molar-refractivity contribution in [2.75, 3.05) is 21.3 Å². The molecule has 2 aliphatic carbocycles. The molecule has 2 bridgehead atoms. The predicted molar refractivity (Wildman–Crippen MR) is 104 cm³/mol. The minimum Gasteiger partial charge on any atom is -0.493 e. The summed E-state index contributed by atoms with van der Waals surface area (Å²) in [5, 5.41) is 3.32. The zero-order valence-electron chi connectivity index (χ0n) is 16.4. The van der Waals surface area contributed by atoms with E-state index in [1.54, 1.807) is 27.4 Å². The molecule has 3 atom stereocenters. The van der Waals surface area contributed by atoms with E-state index in [-0.39, 0.29) is 22.8 Å². The summed E-state index contributed by atoms with van der Waals surface area (Å²) in [5.41, 5.74) is 0.744. The summed E-state index contributed by atoms with van der Waals surface area (Å²) in [4.78, 5) is 13.2. The first kappa shape index (κ1) is 19.3. The van der Waals surface area contributed by atoms with Gasteiger partial charge in [0.1, 0.15) is 0 Å². The summed E-state index contributed by atoms with van der Waals surface area (Å²) >= 11 is 3.51. The van der Waals surface area contributed by atoms with Crippen LogP contribution in [0.25, 0.3) is 0 Å². The number of carbonyl (C=O) groups is 1. The summed E-state index contributed by atoms with van der Waals surface area (Å²) in [7, 11) is 4.64. The van der Waals surface area contributed by atoms with Crippen LogP contribution in [-0.4, -0.2) is 33.3 Å². The highest BCUT2D eigenvalue weighted by molar-refractivity contribution is 9.10. The lowest BCUT2D eigenvalue weighted by Crippen LogP contribution is -2.52. The van der Waals surface area contributed by atoms with Gasteiger partial charge in [0.25, 0.3) is 5.91 Å². The molecule has 0 aromatic heterocycles. The zero-order chi connectivity index (χ0) is 19.3. The van der Waals surface area contributed by atoms with Gasteiger partial charge in [-0.2, -0.15) is 0 Å². The molecule has 1 aromatic rings. The van der Waals surface area contributed by atoms with Crippen molar-refractivity contribution in [2.45, 2.75) is 46.1 Å². The second-order valence-corrected chi connectivity index (χ2v) is 9.12. The maximum atomic E-state index is 13.2. The average Bonchev–Trinajstić information content (AvgIpc) is 3.08. The Morgan fingerprint density at radius 2 is 1.81 bits per heavy atom. The van der Waals surface area contributed by atoms with E-state index in [0.717, 1.165) is 0 Å². The van der Waals surface area contributed by atoms with Crippen molar-refractivity contribution < 1.29 is 19.0 Å². The fourth-order valence-corrected chi connectivity index (χ4v) is 5.79. The van der Waals surface area contributed by atoms with Crippen LogP contribution >= 0.6 is 15.9 Å². The van der Waals surface area contributed by atoms with Gasteiger partial charge in [-0.15, -0.1) is 0 Å². The molecular weight excluding hydrogens is 398 g/mol. The number of benzene rings is 1. The summed E-state index contributed by atoms with van der Waals surface area (Å²) in [5.74, 6) is 1.93. The van der Waals surface area contributed by atoms with E-state index < -0.39 is 0 Å². The van der Waals surface area contributed by atoms with E-state index in [1.165, 1.54) is 19.3 Å². The molecule has 0 heterocycles. The fraction of sp³-hybridized carbons (Fsp3) is 0.650. The normalized spacial score (nSPS) is 28.7. The minimum absolute atomic E-state index is 0.0930. The second kappa shape index (κ2) is 6.63. The van der Waals surface area contributed by atoms with E-state index in [9.17, 15) is 4.79 Å². The highest BCUT2D eigenvalue weighted by Gasteiger charge is 2.59. The third-order valence-electron chi connectivity index (χ3n) is 6.56. The molecule has 1 aromatic carbocycles. The number of hydrogen-bond acceptors (Lipinski definition) is 4. The van der Waals surface area contributed by atoms with Crippen LogP contribution < -0.4 is 19.5 Å². The van der Waals surface area contributed by atoms with Gasteiger partial charge in [0.2, 0.25) is 5.75 Å². The first-order valence-electron chi connectivity index (χ1n) is 8.99. The molecule has 0 radical (unpaired) electrons. The van der Waals surface area contributed by atoms with E-state index in [0.29, 0.717) is 33.2 Å². The number of carbonyl (C=O) groups excluding carboxylic acids is 1. The predicted octanol–water partition coefficient (Wildman–Crippen LogP) is 4.42. The Morgan fingerprint density at radius 1 is 1.15 bits per heavy atom. The van der Waals surface area contributed by atoms with Crippen LogP contribution in [0.15, 0.2) is 10.5 Å². The van der Waals surface area contributed by atoms with Gasteiger partial charge in [-0.3, -0.25) is 4.79 Å². The van der Waals surface area contributed by atoms with Crippen molar-refractivity contribution in [1.82, 2.24) is 5.32 Å². The quantitative estimate of drug-likeness (QED) is 0.758. The Bertz CT molecular complexity index is 728. The Hall–Kier alpha value is -1.43. The molecule has 2 saturated carbocycles. The van der Waals surface area contributed by atoms with Crippen LogP contribution in [0, 0.1) is 16.7 Å². The van der Waals surface area contributed by atoms with Gasteiger partial charge in [0, 0.05) is 6.04 Å². The second-order valence-electron chi connectivity index (χ2n) is 8.33. The van der Waals surface area contributed by atoms with E-state index in [4.69, 9.17) is 14.2 Å². The molecule has 6 heteroatoms. The molecule has 144 valence electrons. The van der Waals surface area contributed by atoms with Crippen molar-refractivity contribution in [3.05, 3.63) is 16.1 Å². The topological polar surface area (TPSA) is 56.8 Å². The Labute approximate surface area is 163 Å². The largest absolute Gasteiger partial charge is 0.493 e. The van der Waals surface area contributed by atoms with Crippen LogP contribution in [0.3, 0.4) is 0 Å². The third-order valence-corrected chi connectivity index (χ3v) is 7.35. The summed E-state index contributed by atoms with van der Waals surface area (Å²) < 4.78 is 16.8. The number of rotatable bonds is 5. The van der Waals surface area contributed by atoms with Gasteiger partial charge in [-0.25, -0.2) is 0 Å². The van der Waals surface area contributed by atoms with Crippen LogP contribution in [-0.2, 0) is 0 Å². The van der Waals surface area contributed by atoms with Crippen LogP contribution in [0.1, 0.15) is 50.4 Å². The molecular formula is C20H28BrNO4. The van der Waals surface area contributed by atoms with Crippen LogP contribution in [0.5, 0.6) is 17.2 Å². The van der Waals surface area contributed by atoms with Gasteiger partial charge < -0.3 is 19.5 Å². The summed E-state index contributed by atoms with van der Waals surface area (Å²) in [6, 6.07) is 1.84. The molecule has 1 amide bonds. The minimum atomic E-state index is -0.122. The van der Waals surface area contributed by atoms with Gasteiger partial charge >= 0.3 is 0 Å². The van der Waals surface area contributed by atoms with Crippen molar-refractivity contribution in [3.63, 3.8) is 0 Å². The number of ether oxygens (including phenoxy) is 3. The Morgan fingerprint density at radius 3 is 2.31 bits per heavy atom. The maximum absolute atomic E-state index is 13.2. The van der Waals surface area contributed by atoms with Gasteiger partial charge in [0.15, 0.2) is 11.5 Å². The van der Waals surface area contributed by atoms with Crippen molar-refractivity contribution >= 4 is 21.8 Å². The number of nitrogens with one attached hydrogen (secondary N) is 1. The lowest BCUT2D eigenvalue weighted by atomic mass is 9.68. The van der Waals surface area contributed by atoms with Crippen molar-refractivity contribution in [3.8, 4) is 17.2 Å². The first-order chi connectivity index (χ1) is 12.2. The van der Waals surface area contributed by atoms with Gasteiger partial charge in [-0.05, 0) is 58.0 Å². The number of fused-ring (bicyclic) bond motifs is 2. The fourth-order valence-electron chi connectivity index (χ4n) is 5.16. The van der Waals surface area contributed by atoms with Gasteiger partial charge in [-0.1, -0.05) is 20.8 Å². The van der Waals surface area contributed by atoms with Gasteiger partial charge in [0.05, 0.1) is 31.4 Å². The third kappa shape index (κ3) is 2.77. The Kier molecular flexibility index (Phi) is 4.93. The lowest BCUT2D eigenvalue weighted by molar-refractivity contribution is 0.0736. The van der Waals surface area contributed by atoms with Crippen LogP contribution in [0.4, 0.5) is 0 Å².